The van der Waals surface area contributed by atoms with Crippen molar-refractivity contribution < 1.29 is 18.2 Å². The quantitative estimate of drug-likeness (QED) is 0.631. The van der Waals surface area contributed by atoms with Gasteiger partial charge in [0.05, 0.1) is 12.2 Å². The van der Waals surface area contributed by atoms with Crippen LogP contribution in [0.4, 0.5) is 0 Å². The lowest BCUT2D eigenvalue weighted by Gasteiger charge is -2.09. The Labute approximate surface area is 107 Å². The van der Waals surface area contributed by atoms with Crippen LogP contribution < -0.4 is 9.09 Å². The lowest BCUT2D eigenvalue weighted by Crippen LogP contribution is -2.27. The second-order valence-corrected chi connectivity index (χ2v) is 5.30. The zero-order valence-corrected chi connectivity index (χ0v) is 11.7. The number of hydrogen-bond donors (Lipinski definition) is 0. The molecular weight excluding hydrogens is 249 g/mol. The molecule has 0 amide bonds. The monoisotopic (exact) mass is 266 g/mol. The van der Waals surface area contributed by atoms with Gasteiger partial charge >= 0.3 is 8.25 Å². The van der Waals surface area contributed by atoms with Crippen LogP contribution >= 0.6 is 8.25 Å². The fourth-order valence-corrected chi connectivity index (χ4v) is 2.45. The van der Waals surface area contributed by atoms with Gasteiger partial charge in [-0.1, -0.05) is 0 Å². The molecule has 0 aliphatic carbocycles. The zero-order chi connectivity index (χ0) is 13.1. The molecule has 18 heavy (non-hydrogen) atoms. The Kier molecular flexibility index (Phi) is 4.00. The van der Waals surface area contributed by atoms with Gasteiger partial charge < -0.3 is 4.52 Å². The fourth-order valence-electron chi connectivity index (χ4n) is 1.70. The average molecular weight is 266 g/mol. The molecule has 1 unspecified atom stereocenters. The smallest absolute Gasteiger partial charge is 0.368 e. The summed E-state index contributed by atoms with van der Waals surface area (Å²) in [6.07, 6.45) is 1.85. The predicted molar refractivity (Wildman–Crippen MR) is 71.0 cm³/mol. The third-order valence-corrected chi connectivity index (χ3v) is 3.57. The van der Waals surface area contributed by atoms with Gasteiger partial charge in [0.25, 0.3) is 0 Å². The van der Waals surface area contributed by atoms with Crippen molar-refractivity contribution in [2.24, 2.45) is 7.05 Å². The van der Waals surface area contributed by atoms with E-state index in [9.17, 15) is 4.57 Å². The summed E-state index contributed by atoms with van der Waals surface area (Å²) in [6.45, 7) is 3.65. The van der Waals surface area contributed by atoms with Crippen molar-refractivity contribution >= 4 is 19.2 Å². The van der Waals surface area contributed by atoms with Gasteiger partial charge in [0, 0.05) is 11.5 Å². The van der Waals surface area contributed by atoms with E-state index in [1.54, 1.807) is 6.07 Å². The molecule has 1 aromatic heterocycles. The molecule has 4 nitrogen and oxygen atoms in total. The van der Waals surface area contributed by atoms with Gasteiger partial charge in [-0.2, -0.15) is 0 Å². The number of nitrogens with zero attached hydrogens (tertiary/aromatic N) is 1. The second-order valence-electron chi connectivity index (χ2n) is 4.36. The van der Waals surface area contributed by atoms with Crippen LogP contribution in [0.25, 0.3) is 10.9 Å². The maximum Gasteiger partial charge on any atom is 0.368 e. The third kappa shape index (κ3) is 3.09. The number of hydrogen-bond acceptors (Lipinski definition) is 3. The molecule has 1 aromatic carbocycles. The van der Waals surface area contributed by atoms with Crippen LogP contribution in [0.15, 0.2) is 36.5 Å². The van der Waals surface area contributed by atoms with Crippen molar-refractivity contribution in [1.29, 1.82) is 0 Å². The van der Waals surface area contributed by atoms with Gasteiger partial charge in [-0.15, -0.1) is 0 Å². The summed E-state index contributed by atoms with van der Waals surface area (Å²) < 4.78 is 24.0. The molecule has 0 aliphatic heterocycles. The first-order chi connectivity index (χ1) is 8.56. The molecule has 2 aromatic rings. The Morgan fingerprint density at radius 2 is 2.06 bits per heavy atom. The van der Waals surface area contributed by atoms with Crippen LogP contribution in [0.5, 0.6) is 5.75 Å². The number of aromatic nitrogens is 1. The molecule has 0 saturated heterocycles. The van der Waals surface area contributed by atoms with E-state index in [0.717, 1.165) is 10.9 Å². The molecule has 0 N–H and O–H groups in total. The van der Waals surface area contributed by atoms with E-state index < -0.39 is 8.25 Å². The Morgan fingerprint density at radius 1 is 1.28 bits per heavy atom. The summed E-state index contributed by atoms with van der Waals surface area (Å²) in [5.74, 6) is 0.564. The van der Waals surface area contributed by atoms with Crippen molar-refractivity contribution in [3.63, 3.8) is 0 Å². The van der Waals surface area contributed by atoms with Gasteiger partial charge in [-0.3, -0.25) is 4.52 Å². The Hall–Kier alpha value is -1.38. The highest BCUT2D eigenvalue weighted by molar-refractivity contribution is 7.33. The van der Waals surface area contributed by atoms with Crippen LogP contribution in [0.2, 0.25) is 0 Å². The van der Waals surface area contributed by atoms with Crippen LogP contribution in [0, 0.1) is 0 Å². The first-order valence-corrected chi connectivity index (χ1v) is 7.05. The lowest BCUT2D eigenvalue weighted by molar-refractivity contribution is -0.644. The van der Waals surface area contributed by atoms with Crippen molar-refractivity contribution in [3.8, 4) is 5.75 Å². The van der Waals surface area contributed by atoms with Crippen molar-refractivity contribution in [2.75, 3.05) is 0 Å². The highest BCUT2D eigenvalue weighted by atomic mass is 31.1. The Morgan fingerprint density at radius 3 is 2.78 bits per heavy atom. The average Bonchev–Trinajstić information content (AvgIpc) is 2.29. The summed E-state index contributed by atoms with van der Waals surface area (Å²) in [5.41, 5.74) is 1.02. The van der Waals surface area contributed by atoms with Crippen LogP contribution in [0.1, 0.15) is 13.8 Å². The number of benzene rings is 1. The summed E-state index contributed by atoms with van der Waals surface area (Å²) in [6, 6.07) is 9.60. The summed E-state index contributed by atoms with van der Waals surface area (Å²) in [4.78, 5) is 0. The molecule has 0 fully saturated rings. The maximum atomic E-state index is 11.6. The third-order valence-electron chi connectivity index (χ3n) is 2.50. The minimum absolute atomic E-state index is 0.104. The van der Waals surface area contributed by atoms with Gasteiger partial charge in [0.15, 0.2) is 6.20 Å². The molecule has 1 atom stereocenters. The van der Waals surface area contributed by atoms with Gasteiger partial charge in [-0.25, -0.2) is 9.13 Å². The predicted octanol–water partition coefficient (Wildman–Crippen LogP) is 2.86. The number of fused-ring (bicyclic) bond motifs is 1. The summed E-state index contributed by atoms with van der Waals surface area (Å²) in [5, 5.41) is 1.11. The first-order valence-electron chi connectivity index (χ1n) is 5.83. The second kappa shape index (κ2) is 5.51. The van der Waals surface area contributed by atoms with E-state index in [4.69, 9.17) is 9.05 Å². The number of rotatable bonds is 4. The normalized spacial score (nSPS) is 12.9. The van der Waals surface area contributed by atoms with Crippen molar-refractivity contribution in [1.82, 2.24) is 0 Å². The highest BCUT2D eigenvalue weighted by Gasteiger charge is 2.09. The Balaban J connectivity index is 2.25. The van der Waals surface area contributed by atoms with E-state index in [1.165, 1.54) is 0 Å². The Bertz CT molecular complexity index is 583. The molecule has 0 saturated carbocycles. The lowest BCUT2D eigenvalue weighted by atomic mass is 10.2. The molecule has 0 radical (unpaired) electrons. The van der Waals surface area contributed by atoms with Crippen LogP contribution in [-0.2, 0) is 16.1 Å². The molecule has 0 bridgehead atoms. The topological polar surface area (TPSA) is 39.4 Å². The number of pyridine rings is 1. The standard InChI is InChI=1S/C13H17NO3P/c1-10(2)16-18(15)17-12-7-6-11-5-4-8-14(3)13(11)9-12/h4-10,18H,1-3H3/q+1. The van der Waals surface area contributed by atoms with Crippen LogP contribution in [-0.4, -0.2) is 6.10 Å². The molecule has 1 heterocycles. The largest absolute Gasteiger partial charge is 0.426 e. The van der Waals surface area contributed by atoms with E-state index in [1.807, 2.05) is 55.9 Å². The van der Waals surface area contributed by atoms with Crippen LogP contribution in [0.3, 0.4) is 0 Å². The van der Waals surface area contributed by atoms with Gasteiger partial charge in [0.2, 0.25) is 5.52 Å². The van der Waals surface area contributed by atoms with Crippen molar-refractivity contribution in [3.05, 3.63) is 36.5 Å². The fraction of sp³-hybridized carbons (Fsp3) is 0.308. The van der Waals surface area contributed by atoms with Gasteiger partial charge in [-0.05, 0) is 32.0 Å². The first kappa shape index (κ1) is 13.1. The molecule has 0 aliphatic rings. The summed E-state index contributed by atoms with van der Waals surface area (Å²) in [7, 11) is -0.523. The highest BCUT2D eigenvalue weighted by Crippen LogP contribution is 2.30. The van der Waals surface area contributed by atoms with E-state index in [-0.39, 0.29) is 6.10 Å². The van der Waals surface area contributed by atoms with E-state index >= 15 is 0 Å². The molecule has 96 valence electrons. The molecule has 0 spiro atoms. The minimum atomic E-state index is -2.48. The molecular formula is C13H17NO3P+. The number of aryl methyl sites for hydroxylation is 1. The summed E-state index contributed by atoms with van der Waals surface area (Å²) >= 11 is 0. The van der Waals surface area contributed by atoms with E-state index in [0.29, 0.717) is 5.75 Å². The maximum absolute atomic E-state index is 11.6. The molecule has 5 heteroatoms. The molecule has 2 rings (SSSR count). The van der Waals surface area contributed by atoms with Crippen molar-refractivity contribution in [2.45, 2.75) is 20.0 Å². The minimum Gasteiger partial charge on any atom is -0.426 e. The zero-order valence-electron chi connectivity index (χ0n) is 10.7. The SMILES string of the molecule is CC(C)O[PH](=O)Oc1ccc2ccc[n+](C)c2c1. The van der Waals surface area contributed by atoms with E-state index in [2.05, 4.69) is 0 Å². The van der Waals surface area contributed by atoms with Gasteiger partial charge in [0.1, 0.15) is 12.8 Å².